The van der Waals surface area contributed by atoms with E-state index in [2.05, 4.69) is 18.8 Å². The third kappa shape index (κ3) is 2.83. The molecule has 0 amide bonds. The Bertz CT molecular complexity index is 231. The lowest BCUT2D eigenvalue weighted by Gasteiger charge is -2.03. The second-order valence-corrected chi connectivity index (χ2v) is 4.47. The quantitative estimate of drug-likeness (QED) is 0.727. The monoisotopic (exact) mass is 182 g/mol. The molecule has 0 saturated heterocycles. The molecule has 3 heteroatoms. The van der Waals surface area contributed by atoms with Crippen LogP contribution < -0.4 is 5.73 Å². The topological polar surface area (TPSA) is 38.9 Å². The Balaban J connectivity index is 2.65. The maximum Gasteiger partial charge on any atom is 0.0962 e. The highest BCUT2D eigenvalue weighted by atomic mass is 32.2. The van der Waals surface area contributed by atoms with Gasteiger partial charge < -0.3 is 5.73 Å². The van der Waals surface area contributed by atoms with E-state index >= 15 is 0 Å². The van der Waals surface area contributed by atoms with Gasteiger partial charge in [-0.25, -0.2) is 4.98 Å². The molecular weight excluding hydrogens is 168 g/mol. The van der Waals surface area contributed by atoms with Crippen molar-refractivity contribution in [2.45, 2.75) is 30.7 Å². The highest BCUT2D eigenvalue weighted by Crippen LogP contribution is 2.19. The smallest absolute Gasteiger partial charge is 0.0962 e. The molecule has 0 aliphatic heterocycles. The summed E-state index contributed by atoms with van der Waals surface area (Å²) in [6.07, 6.45) is 1.84. The standard InChI is InChI=1S/C9H14N2S/c1-7(2)12-9-4-3-8(5-10)6-11-9/h3-4,6-7H,5,10H2,1-2H3. The molecule has 0 spiro atoms. The number of nitrogens with zero attached hydrogens (tertiary/aromatic N) is 1. The molecule has 0 unspecified atom stereocenters. The number of aromatic nitrogens is 1. The number of hydrogen-bond acceptors (Lipinski definition) is 3. The summed E-state index contributed by atoms with van der Waals surface area (Å²) in [4.78, 5) is 4.27. The van der Waals surface area contributed by atoms with Gasteiger partial charge in [0.05, 0.1) is 5.03 Å². The summed E-state index contributed by atoms with van der Waals surface area (Å²) in [6.45, 7) is 4.88. The Morgan fingerprint density at radius 2 is 2.25 bits per heavy atom. The fourth-order valence-electron chi connectivity index (χ4n) is 0.843. The zero-order valence-electron chi connectivity index (χ0n) is 7.45. The molecule has 1 heterocycles. The average molecular weight is 182 g/mol. The zero-order valence-corrected chi connectivity index (χ0v) is 8.27. The van der Waals surface area contributed by atoms with E-state index in [1.54, 1.807) is 11.8 Å². The first kappa shape index (κ1) is 9.55. The van der Waals surface area contributed by atoms with Crippen molar-refractivity contribution in [1.82, 2.24) is 4.98 Å². The van der Waals surface area contributed by atoms with Crippen LogP contribution in [-0.2, 0) is 6.54 Å². The predicted molar refractivity (Wildman–Crippen MR) is 53.1 cm³/mol. The summed E-state index contributed by atoms with van der Waals surface area (Å²) in [6, 6.07) is 4.05. The van der Waals surface area contributed by atoms with Gasteiger partial charge in [0.15, 0.2) is 0 Å². The van der Waals surface area contributed by atoms with E-state index in [0.29, 0.717) is 11.8 Å². The molecule has 0 atom stereocenters. The largest absolute Gasteiger partial charge is 0.326 e. The number of rotatable bonds is 3. The molecule has 0 saturated carbocycles. The number of nitrogens with two attached hydrogens (primary N) is 1. The highest BCUT2D eigenvalue weighted by Gasteiger charge is 1.98. The summed E-state index contributed by atoms with van der Waals surface area (Å²) in [5.74, 6) is 0. The van der Waals surface area contributed by atoms with Gasteiger partial charge in [-0.15, -0.1) is 11.8 Å². The van der Waals surface area contributed by atoms with Gasteiger partial charge in [-0.1, -0.05) is 19.9 Å². The van der Waals surface area contributed by atoms with Crippen LogP contribution >= 0.6 is 11.8 Å². The van der Waals surface area contributed by atoms with Crippen molar-refractivity contribution in [2.24, 2.45) is 5.73 Å². The maximum atomic E-state index is 5.45. The van der Waals surface area contributed by atoms with Crippen molar-refractivity contribution >= 4 is 11.8 Å². The van der Waals surface area contributed by atoms with Gasteiger partial charge in [-0.05, 0) is 11.6 Å². The van der Waals surface area contributed by atoms with E-state index in [0.717, 1.165) is 10.6 Å². The fraction of sp³-hybridized carbons (Fsp3) is 0.444. The van der Waals surface area contributed by atoms with Crippen molar-refractivity contribution in [1.29, 1.82) is 0 Å². The number of thioether (sulfide) groups is 1. The third-order valence-electron chi connectivity index (χ3n) is 1.39. The fourth-order valence-corrected chi connectivity index (χ4v) is 1.59. The Morgan fingerprint density at radius 1 is 1.50 bits per heavy atom. The first-order valence-electron chi connectivity index (χ1n) is 4.04. The van der Waals surface area contributed by atoms with E-state index in [1.807, 2.05) is 18.3 Å². The average Bonchev–Trinajstić information content (AvgIpc) is 2.05. The molecule has 0 aromatic carbocycles. The first-order valence-corrected chi connectivity index (χ1v) is 4.92. The van der Waals surface area contributed by atoms with Gasteiger partial charge in [0.2, 0.25) is 0 Å². The number of pyridine rings is 1. The summed E-state index contributed by atoms with van der Waals surface area (Å²) in [5, 5.41) is 1.66. The lowest BCUT2D eigenvalue weighted by atomic mass is 10.3. The number of hydrogen-bond donors (Lipinski definition) is 1. The highest BCUT2D eigenvalue weighted by molar-refractivity contribution is 7.99. The van der Waals surface area contributed by atoms with Gasteiger partial charge in [0.25, 0.3) is 0 Å². The Hall–Kier alpha value is -0.540. The minimum absolute atomic E-state index is 0.569. The van der Waals surface area contributed by atoms with Crippen molar-refractivity contribution in [3.05, 3.63) is 23.9 Å². The van der Waals surface area contributed by atoms with Gasteiger partial charge in [-0.3, -0.25) is 0 Å². The van der Waals surface area contributed by atoms with Crippen molar-refractivity contribution < 1.29 is 0 Å². The van der Waals surface area contributed by atoms with E-state index < -0.39 is 0 Å². The molecule has 0 radical (unpaired) electrons. The molecule has 0 aliphatic rings. The van der Waals surface area contributed by atoms with Crippen LogP contribution in [-0.4, -0.2) is 10.2 Å². The Labute approximate surface area is 77.6 Å². The van der Waals surface area contributed by atoms with Crippen molar-refractivity contribution in [3.8, 4) is 0 Å². The molecule has 2 N–H and O–H groups in total. The summed E-state index contributed by atoms with van der Waals surface area (Å²) in [5.41, 5.74) is 6.54. The van der Waals surface area contributed by atoms with Crippen LogP contribution in [0.25, 0.3) is 0 Å². The minimum atomic E-state index is 0.569. The summed E-state index contributed by atoms with van der Waals surface area (Å²) < 4.78 is 0. The Morgan fingerprint density at radius 3 is 2.67 bits per heavy atom. The predicted octanol–water partition coefficient (Wildman–Crippen LogP) is 2.04. The molecule has 1 rings (SSSR count). The van der Waals surface area contributed by atoms with E-state index in [-0.39, 0.29) is 0 Å². The van der Waals surface area contributed by atoms with Crippen LogP contribution in [0.3, 0.4) is 0 Å². The molecule has 12 heavy (non-hydrogen) atoms. The second kappa shape index (κ2) is 4.48. The van der Waals surface area contributed by atoms with Gasteiger partial charge in [0, 0.05) is 18.0 Å². The molecule has 66 valence electrons. The van der Waals surface area contributed by atoms with E-state index in [1.165, 1.54) is 0 Å². The van der Waals surface area contributed by atoms with Gasteiger partial charge >= 0.3 is 0 Å². The van der Waals surface area contributed by atoms with Crippen molar-refractivity contribution in [3.63, 3.8) is 0 Å². The van der Waals surface area contributed by atoms with Crippen LogP contribution in [0.2, 0.25) is 0 Å². The second-order valence-electron chi connectivity index (χ2n) is 2.88. The molecule has 2 nitrogen and oxygen atoms in total. The molecule has 0 fully saturated rings. The molecule has 0 bridgehead atoms. The van der Waals surface area contributed by atoms with E-state index in [9.17, 15) is 0 Å². The zero-order chi connectivity index (χ0) is 8.97. The van der Waals surface area contributed by atoms with Crippen LogP contribution in [0.5, 0.6) is 0 Å². The summed E-state index contributed by atoms with van der Waals surface area (Å²) in [7, 11) is 0. The first-order chi connectivity index (χ1) is 5.72. The van der Waals surface area contributed by atoms with E-state index in [4.69, 9.17) is 5.73 Å². The maximum absolute atomic E-state index is 5.45. The molecule has 1 aromatic heterocycles. The lowest BCUT2D eigenvalue weighted by Crippen LogP contribution is -1.97. The lowest BCUT2D eigenvalue weighted by molar-refractivity contribution is 1.00. The molecule has 0 aliphatic carbocycles. The van der Waals surface area contributed by atoms with Crippen LogP contribution in [0.4, 0.5) is 0 Å². The Kier molecular flexibility index (Phi) is 3.56. The SMILES string of the molecule is CC(C)Sc1ccc(CN)cn1. The van der Waals surface area contributed by atoms with Crippen LogP contribution in [0.15, 0.2) is 23.4 Å². The van der Waals surface area contributed by atoms with Crippen LogP contribution in [0.1, 0.15) is 19.4 Å². The third-order valence-corrected chi connectivity index (χ3v) is 2.34. The molecular formula is C9H14N2S. The minimum Gasteiger partial charge on any atom is -0.326 e. The van der Waals surface area contributed by atoms with Gasteiger partial charge in [-0.2, -0.15) is 0 Å². The van der Waals surface area contributed by atoms with Crippen molar-refractivity contribution in [2.75, 3.05) is 0 Å². The normalized spacial score (nSPS) is 10.7. The van der Waals surface area contributed by atoms with Gasteiger partial charge in [0.1, 0.15) is 0 Å². The molecule has 1 aromatic rings. The summed E-state index contributed by atoms with van der Waals surface area (Å²) >= 11 is 1.77. The van der Waals surface area contributed by atoms with Crippen LogP contribution in [0, 0.1) is 0 Å².